The second-order valence-electron chi connectivity index (χ2n) is 8.36. The molecule has 8 nitrogen and oxygen atoms in total. The van der Waals surface area contributed by atoms with E-state index in [2.05, 4.69) is 49.0 Å². The van der Waals surface area contributed by atoms with E-state index in [0.717, 1.165) is 49.2 Å². The molecule has 0 atom stereocenters. The van der Waals surface area contributed by atoms with E-state index in [1.54, 1.807) is 24.8 Å². The number of thiophene rings is 1. The van der Waals surface area contributed by atoms with Gasteiger partial charge in [-0.3, -0.25) is 10.2 Å². The number of aromatic amines is 1. The largest absolute Gasteiger partial charge is 0.383 e. The molecular weight excluding hydrogens is 472 g/mol. The fourth-order valence-electron chi connectivity index (χ4n) is 4.05. The molecular formula is C27H26N6O2S. The highest BCUT2D eigenvalue weighted by Gasteiger charge is 2.11. The number of hydrogen-bond donors (Lipinski definition) is 3. The second kappa shape index (κ2) is 10.7. The first-order valence-corrected chi connectivity index (χ1v) is 12.4. The van der Waals surface area contributed by atoms with Gasteiger partial charge in [0.05, 0.1) is 18.2 Å². The van der Waals surface area contributed by atoms with Crippen LogP contribution >= 0.6 is 11.3 Å². The normalized spacial score (nSPS) is 11.5. The Hall–Kier alpha value is -4.08. The van der Waals surface area contributed by atoms with E-state index in [9.17, 15) is 4.79 Å². The van der Waals surface area contributed by atoms with Crippen molar-refractivity contribution in [2.75, 3.05) is 25.7 Å². The Bertz CT molecular complexity index is 1540. The molecule has 3 N–H and O–H groups in total. The van der Waals surface area contributed by atoms with Gasteiger partial charge in [-0.2, -0.15) is 5.10 Å². The number of aromatic nitrogens is 3. The number of hydrogen-bond acceptors (Lipinski definition) is 7. The summed E-state index contributed by atoms with van der Waals surface area (Å²) in [6.07, 6.45) is 4.11. The number of amides is 1. The van der Waals surface area contributed by atoms with Gasteiger partial charge in [0.1, 0.15) is 11.2 Å². The van der Waals surface area contributed by atoms with Gasteiger partial charge >= 0.3 is 0 Å². The first-order chi connectivity index (χ1) is 17.6. The summed E-state index contributed by atoms with van der Waals surface area (Å²) in [5.74, 6) is 0.564. The van der Waals surface area contributed by atoms with E-state index < -0.39 is 0 Å². The van der Waals surface area contributed by atoms with Crippen LogP contribution in [0.5, 0.6) is 0 Å². The quantitative estimate of drug-likeness (QED) is 0.152. The molecule has 0 bridgehead atoms. The average Bonchev–Trinajstić information content (AvgIpc) is 3.45. The van der Waals surface area contributed by atoms with E-state index in [4.69, 9.17) is 4.74 Å². The zero-order valence-corrected chi connectivity index (χ0v) is 20.9. The van der Waals surface area contributed by atoms with Crippen LogP contribution in [-0.2, 0) is 11.2 Å². The third kappa shape index (κ3) is 5.12. The summed E-state index contributed by atoms with van der Waals surface area (Å²) >= 11 is 1.62. The fourth-order valence-corrected chi connectivity index (χ4v) is 5.08. The number of para-hydroxylation sites is 1. The van der Waals surface area contributed by atoms with Gasteiger partial charge in [0, 0.05) is 52.7 Å². The molecule has 5 aromatic rings. The smallest absolute Gasteiger partial charge is 0.251 e. The molecule has 0 radical (unpaired) electrons. The van der Waals surface area contributed by atoms with Crippen molar-refractivity contribution in [3.63, 3.8) is 0 Å². The Morgan fingerprint density at radius 3 is 2.81 bits per heavy atom. The first-order valence-electron chi connectivity index (χ1n) is 11.6. The molecule has 3 heterocycles. The van der Waals surface area contributed by atoms with Crippen molar-refractivity contribution < 1.29 is 9.53 Å². The van der Waals surface area contributed by atoms with Crippen LogP contribution in [-0.4, -0.2) is 47.3 Å². The zero-order chi connectivity index (χ0) is 24.9. The summed E-state index contributed by atoms with van der Waals surface area (Å²) < 4.78 is 4.97. The standard InChI is InChI=1S/C27H26N6O2S/c1-17-23(21-5-3-4-6-24(21)32-17)15-31-33-25-22-14-20(36-27(22)30-16-29-25)13-18-7-9-19(10-8-18)26(34)28-11-12-35-2/h3-10,14-16,32H,11-13H2,1-2H3,(H,28,34)(H,29,30,33)/b31-15-. The Morgan fingerprint density at radius 2 is 1.97 bits per heavy atom. The molecule has 0 unspecified atom stereocenters. The van der Waals surface area contributed by atoms with Crippen LogP contribution in [0.3, 0.4) is 0 Å². The van der Waals surface area contributed by atoms with Crippen molar-refractivity contribution in [3.8, 4) is 0 Å². The van der Waals surface area contributed by atoms with E-state index in [-0.39, 0.29) is 5.91 Å². The van der Waals surface area contributed by atoms with Gasteiger partial charge in [-0.15, -0.1) is 11.3 Å². The summed E-state index contributed by atoms with van der Waals surface area (Å²) in [7, 11) is 1.61. The third-order valence-electron chi connectivity index (χ3n) is 5.87. The van der Waals surface area contributed by atoms with Gasteiger partial charge < -0.3 is 15.0 Å². The maximum Gasteiger partial charge on any atom is 0.251 e. The van der Waals surface area contributed by atoms with E-state index in [0.29, 0.717) is 24.5 Å². The molecule has 0 saturated carbocycles. The molecule has 9 heteroatoms. The number of rotatable bonds is 9. The zero-order valence-electron chi connectivity index (χ0n) is 20.0. The third-order valence-corrected chi connectivity index (χ3v) is 6.92. The van der Waals surface area contributed by atoms with Gasteiger partial charge in [0.15, 0.2) is 5.82 Å². The highest BCUT2D eigenvalue weighted by Crippen LogP contribution is 2.30. The Kier molecular flexibility index (Phi) is 7.01. The number of carbonyl (C=O) groups excluding carboxylic acids is 1. The Balaban J connectivity index is 1.29. The van der Waals surface area contributed by atoms with Crippen molar-refractivity contribution in [3.05, 3.63) is 88.2 Å². The van der Waals surface area contributed by atoms with E-state index in [1.165, 1.54) is 0 Å². The molecule has 5 rings (SSSR count). The predicted molar refractivity (Wildman–Crippen MR) is 145 cm³/mol. The molecule has 0 aliphatic heterocycles. The van der Waals surface area contributed by atoms with Crippen LogP contribution in [0.15, 0.2) is 66.0 Å². The van der Waals surface area contributed by atoms with Crippen molar-refractivity contribution >= 4 is 50.4 Å². The molecule has 182 valence electrons. The monoisotopic (exact) mass is 498 g/mol. The molecule has 36 heavy (non-hydrogen) atoms. The van der Waals surface area contributed by atoms with Crippen molar-refractivity contribution in [1.29, 1.82) is 0 Å². The first kappa shape index (κ1) is 23.7. The number of anilines is 1. The molecule has 0 aliphatic carbocycles. The highest BCUT2D eigenvalue weighted by atomic mass is 32.1. The molecule has 2 aromatic carbocycles. The number of carbonyl (C=O) groups is 1. The van der Waals surface area contributed by atoms with E-state index in [1.807, 2.05) is 49.5 Å². The van der Waals surface area contributed by atoms with Gasteiger partial charge in [-0.05, 0) is 36.8 Å². The van der Waals surface area contributed by atoms with Crippen molar-refractivity contribution in [1.82, 2.24) is 20.3 Å². The van der Waals surface area contributed by atoms with Crippen LogP contribution in [0.2, 0.25) is 0 Å². The highest BCUT2D eigenvalue weighted by molar-refractivity contribution is 7.18. The van der Waals surface area contributed by atoms with Crippen LogP contribution in [0.25, 0.3) is 21.1 Å². The lowest BCUT2D eigenvalue weighted by molar-refractivity contribution is 0.0937. The van der Waals surface area contributed by atoms with Crippen molar-refractivity contribution in [2.45, 2.75) is 13.3 Å². The molecule has 1 amide bonds. The maximum atomic E-state index is 12.2. The number of H-pyrrole nitrogens is 1. The molecule has 0 spiro atoms. The Morgan fingerprint density at radius 1 is 1.14 bits per heavy atom. The molecule has 0 fully saturated rings. The number of aryl methyl sites for hydroxylation is 1. The summed E-state index contributed by atoms with van der Waals surface area (Å²) in [4.78, 5) is 26.5. The lowest BCUT2D eigenvalue weighted by atomic mass is 10.1. The summed E-state index contributed by atoms with van der Waals surface area (Å²) in [6.45, 7) is 3.01. The number of methoxy groups -OCH3 is 1. The predicted octanol–water partition coefficient (Wildman–Crippen LogP) is 4.89. The second-order valence-corrected chi connectivity index (χ2v) is 9.47. The number of nitrogens with one attached hydrogen (secondary N) is 3. The van der Waals surface area contributed by atoms with Crippen LogP contribution in [0.4, 0.5) is 5.82 Å². The maximum absolute atomic E-state index is 12.2. The summed E-state index contributed by atoms with van der Waals surface area (Å²) in [5.41, 5.74) is 8.03. The minimum atomic E-state index is -0.102. The van der Waals surface area contributed by atoms with Gasteiger partial charge in [-0.1, -0.05) is 30.3 Å². The molecule has 0 aliphatic rings. The van der Waals surface area contributed by atoms with Crippen molar-refractivity contribution in [2.24, 2.45) is 5.10 Å². The van der Waals surface area contributed by atoms with Gasteiger partial charge in [-0.25, -0.2) is 9.97 Å². The number of nitrogens with zero attached hydrogens (tertiary/aromatic N) is 3. The lowest BCUT2D eigenvalue weighted by Gasteiger charge is -2.05. The molecule has 3 aromatic heterocycles. The fraction of sp³-hybridized carbons (Fsp3) is 0.185. The number of ether oxygens (including phenoxy) is 1. The number of hydrazone groups is 1. The number of fused-ring (bicyclic) bond motifs is 2. The van der Waals surface area contributed by atoms with Gasteiger partial charge in [0.2, 0.25) is 0 Å². The molecule has 0 saturated heterocycles. The number of benzene rings is 2. The van der Waals surface area contributed by atoms with Gasteiger partial charge in [0.25, 0.3) is 5.91 Å². The Labute approximate surface area is 212 Å². The van der Waals surface area contributed by atoms with Crippen LogP contribution in [0.1, 0.15) is 32.1 Å². The summed E-state index contributed by atoms with van der Waals surface area (Å²) in [6, 6.07) is 17.9. The van der Waals surface area contributed by atoms with Crippen LogP contribution < -0.4 is 10.7 Å². The SMILES string of the molecule is COCCNC(=O)c1ccc(Cc2cc3c(N/N=C\c4c(C)[nH]c5ccccc45)ncnc3s2)cc1. The minimum Gasteiger partial charge on any atom is -0.383 e. The topological polar surface area (TPSA) is 104 Å². The summed E-state index contributed by atoms with van der Waals surface area (Å²) in [5, 5.41) is 9.36. The van der Waals surface area contributed by atoms with Crippen LogP contribution in [0, 0.1) is 6.92 Å². The average molecular weight is 499 g/mol. The minimum absolute atomic E-state index is 0.102. The lowest BCUT2D eigenvalue weighted by Crippen LogP contribution is -2.26. The van der Waals surface area contributed by atoms with E-state index >= 15 is 0 Å².